The van der Waals surface area contributed by atoms with Crippen molar-refractivity contribution in [2.24, 2.45) is 5.92 Å². The summed E-state index contributed by atoms with van der Waals surface area (Å²) in [6.45, 7) is 4.40. The third-order valence-electron chi connectivity index (χ3n) is 3.73. The molecule has 0 spiro atoms. The summed E-state index contributed by atoms with van der Waals surface area (Å²) >= 11 is 0. The zero-order chi connectivity index (χ0) is 17.5. The van der Waals surface area contributed by atoms with Gasteiger partial charge in [-0.1, -0.05) is 13.0 Å². The molecule has 0 saturated heterocycles. The van der Waals surface area contributed by atoms with Gasteiger partial charge < -0.3 is 20.2 Å². The van der Waals surface area contributed by atoms with Gasteiger partial charge in [0.2, 0.25) is 0 Å². The Kier molecular flexibility index (Phi) is 6.14. The molecule has 0 aliphatic rings. The minimum atomic E-state index is -0.364. The van der Waals surface area contributed by atoms with Crippen LogP contribution in [0.25, 0.3) is 0 Å². The van der Waals surface area contributed by atoms with Crippen LogP contribution in [0.3, 0.4) is 0 Å². The second-order valence-corrected chi connectivity index (χ2v) is 5.79. The van der Waals surface area contributed by atoms with Gasteiger partial charge in [-0.2, -0.15) is 0 Å². The molecule has 0 saturated carbocycles. The molecule has 1 aromatic carbocycles. The standard InChI is InChI=1S/C18H22N2O4/c1-12(7-8-21)11-19-17(22)14-6-5-13(2)15(10-14)20-18(23)16-4-3-9-24-16/h3-6,9-10,12,21H,7-8,11H2,1-2H3,(H,19,22)(H,20,23). The van der Waals surface area contributed by atoms with E-state index in [4.69, 9.17) is 9.52 Å². The van der Waals surface area contributed by atoms with E-state index in [-0.39, 0.29) is 30.1 Å². The molecule has 1 unspecified atom stereocenters. The first kappa shape index (κ1) is 17.7. The van der Waals surface area contributed by atoms with Crippen LogP contribution >= 0.6 is 0 Å². The fraction of sp³-hybridized carbons (Fsp3) is 0.333. The van der Waals surface area contributed by atoms with Crippen molar-refractivity contribution in [3.05, 3.63) is 53.5 Å². The highest BCUT2D eigenvalue weighted by Gasteiger charge is 2.13. The van der Waals surface area contributed by atoms with Crippen molar-refractivity contribution in [3.63, 3.8) is 0 Å². The van der Waals surface area contributed by atoms with Crippen LogP contribution in [0, 0.1) is 12.8 Å². The summed E-state index contributed by atoms with van der Waals surface area (Å²) in [5.41, 5.74) is 1.87. The lowest BCUT2D eigenvalue weighted by Gasteiger charge is -2.13. The van der Waals surface area contributed by atoms with Crippen LogP contribution in [-0.2, 0) is 0 Å². The van der Waals surface area contributed by atoms with Gasteiger partial charge in [0.1, 0.15) is 0 Å². The van der Waals surface area contributed by atoms with Gasteiger partial charge in [0.15, 0.2) is 5.76 Å². The number of benzene rings is 1. The maximum Gasteiger partial charge on any atom is 0.291 e. The first-order valence-electron chi connectivity index (χ1n) is 7.86. The number of amides is 2. The lowest BCUT2D eigenvalue weighted by atomic mass is 10.1. The number of nitrogens with one attached hydrogen (secondary N) is 2. The van der Waals surface area contributed by atoms with E-state index in [1.807, 2.05) is 13.8 Å². The highest BCUT2D eigenvalue weighted by atomic mass is 16.3. The fourth-order valence-electron chi connectivity index (χ4n) is 2.18. The molecule has 3 N–H and O–H groups in total. The largest absolute Gasteiger partial charge is 0.459 e. The van der Waals surface area contributed by atoms with E-state index in [0.29, 0.717) is 24.2 Å². The van der Waals surface area contributed by atoms with Gasteiger partial charge in [0.05, 0.1) is 6.26 Å². The molecule has 6 heteroatoms. The van der Waals surface area contributed by atoms with E-state index in [2.05, 4.69) is 10.6 Å². The number of rotatable bonds is 7. The van der Waals surface area contributed by atoms with Crippen molar-refractivity contribution in [3.8, 4) is 0 Å². The number of hydrogen-bond donors (Lipinski definition) is 3. The lowest BCUT2D eigenvalue weighted by molar-refractivity contribution is 0.0943. The number of carbonyl (C=O) groups is 2. The second kappa shape index (κ2) is 8.31. The van der Waals surface area contributed by atoms with E-state index in [1.54, 1.807) is 30.3 Å². The molecule has 2 aromatic rings. The number of aliphatic hydroxyl groups is 1. The molecular weight excluding hydrogens is 308 g/mol. The van der Waals surface area contributed by atoms with Crippen LogP contribution in [0.5, 0.6) is 0 Å². The molecule has 128 valence electrons. The van der Waals surface area contributed by atoms with Gasteiger partial charge in [-0.05, 0) is 49.1 Å². The molecule has 1 aromatic heterocycles. The smallest absolute Gasteiger partial charge is 0.291 e. The van der Waals surface area contributed by atoms with Crippen molar-refractivity contribution in [1.82, 2.24) is 5.32 Å². The van der Waals surface area contributed by atoms with Crippen LogP contribution in [0.1, 0.15) is 39.8 Å². The molecule has 0 aliphatic heterocycles. The molecule has 0 bridgehead atoms. The molecule has 1 heterocycles. The van der Waals surface area contributed by atoms with Gasteiger partial charge in [-0.25, -0.2) is 0 Å². The average Bonchev–Trinajstić information content (AvgIpc) is 3.09. The number of anilines is 1. The first-order valence-corrected chi connectivity index (χ1v) is 7.86. The zero-order valence-electron chi connectivity index (χ0n) is 13.8. The van der Waals surface area contributed by atoms with Crippen LogP contribution in [0.15, 0.2) is 41.0 Å². The molecule has 0 fully saturated rings. The summed E-state index contributed by atoms with van der Waals surface area (Å²) in [7, 11) is 0. The number of carbonyl (C=O) groups excluding carboxylic acids is 2. The van der Waals surface area contributed by atoms with E-state index < -0.39 is 0 Å². The van der Waals surface area contributed by atoms with E-state index >= 15 is 0 Å². The van der Waals surface area contributed by atoms with Gasteiger partial charge in [0, 0.05) is 24.4 Å². The normalized spacial score (nSPS) is 11.8. The van der Waals surface area contributed by atoms with Crippen molar-refractivity contribution in [2.75, 3.05) is 18.5 Å². The molecule has 1 atom stereocenters. The predicted molar refractivity (Wildman–Crippen MR) is 91.0 cm³/mol. The fourth-order valence-corrected chi connectivity index (χ4v) is 2.18. The van der Waals surface area contributed by atoms with Crippen molar-refractivity contribution in [2.45, 2.75) is 20.3 Å². The molecule has 24 heavy (non-hydrogen) atoms. The van der Waals surface area contributed by atoms with Crippen molar-refractivity contribution >= 4 is 17.5 Å². The molecule has 6 nitrogen and oxygen atoms in total. The highest BCUT2D eigenvalue weighted by molar-refractivity contribution is 6.03. The van der Waals surface area contributed by atoms with E-state index in [0.717, 1.165) is 5.56 Å². The Morgan fingerprint density at radius 2 is 2.04 bits per heavy atom. The van der Waals surface area contributed by atoms with E-state index in [9.17, 15) is 9.59 Å². The summed E-state index contributed by atoms with van der Waals surface area (Å²) in [6, 6.07) is 8.35. The maximum absolute atomic E-state index is 12.2. The number of furan rings is 1. The number of aliphatic hydroxyl groups excluding tert-OH is 1. The third-order valence-corrected chi connectivity index (χ3v) is 3.73. The molecule has 2 rings (SSSR count). The summed E-state index contributed by atoms with van der Waals surface area (Å²) in [5.74, 6) is -0.171. The lowest BCUT2D eigenvalue weighted by Crippen LogP contribution is -2.28. The quantitative estimate of drug-likeness (QED) is 0.727. The third kappa shape index (κ3) is 4.70. The second-order valence-electron chi connectivity index (χ2n) is 5.79. The minimum absolute atomic E-state index is 0.102. The number of hydrogen-bond acceptors (Lipinski definition) is 4. The predicted octanol–water partition coefficient (Wildman–Crippen LogP) is 2.59. The van der Waals surface area contributed by atoms with E-state index in [1.165, 1.54) is 6.26 Å². The van der Waals surface area contributed by atoms with Gasteiger partial charge in [-0.15, -0.1) is 0 Å². The van der Waals surface area contributed by atoms with Gasteiger partial charge >= 0.3 is 0 Å². The zero-order valence-corrected chi connectivity index (χ0v) is 13.8. The van der Waals surface area contributed by atoms with Crippen LogP contribution in [0.4, 0.5) is 5.69 Å². The monoisotopic (exact) mass is 330 g/mol. The Morgan fingerprint density at radius 1 is 1.25 bits per heavy atom. The van der Waals surface area contributed by atoms with Gasteiger partial charge in [0.25, 0.3) is 11.8 Å². The number of aryl methyl sites for hydroxylation is 1. The average molecular weight is 330 g/mol. The maximum atomic E-state index is 12.2. The van der Waals surface area contributed by atoms with Gasteiger partial charge in [-0.3, -0.25) is 9.59 Å². The summed E-state index contributed by atoms with van der Waals surface area (Å²) in [4.78, 5) is 24.3. The van der Waals surface area contributed by atoms with Crippen LogP contribution in [-0.4, -0.2) is 30.1 Å². The molecule has 0 aliphatic carbocycles. The Labute approximate surface area is 140 Å². The Balaban J connectivity index is 2.05. The SMILES string of the molecule is Cc1ccc(C(=O)NCC(C)CCO)cc1NC(=O)c1ccco1. The Bertz CT molecular complexity index is 695. The molecule has 2 amide bonds. The molecular formula is C18H22N2O4. The van der Waals surface area contributed by atoms with Crippen LogP contribution < -0.4 is 10.6 Å². The van der Waals surface area contributed by atoms with Crippen molar-refractivity contribution in [1.29, 1.82) is 0 Å². The van der Waals surface area contributed by atoms with Crippen LogP contribution in [0.2, 0.25) is 0 Å². The Morgan fingerprint density at radius 3 is 2.71 bits per heavy atom. The molecule has 0 radical (unpaired) electrons. The first-order chi connectivity index (χ1) is 11.5. The topological polar surface area (TPSA) is 91.6 Å². The Hall–Kier alpha value is -2.60. The highest BCUT2D eigenvalue weighted by Crippen LogP contribution is 2.18. The summed E-state index contributed by atoms with van der Waals surface area (Å²) in [5, 5.41) is 14.5. The minimum Gasteiger partial charge on any atom is -0.459 e. The van der Waals surface area contributed by atoms with Crippen molar-refractivity contribution < 1.29 is 19.1 Å². The summed E-state index contributed by atoms with van der Waals surface area (Å²) < 4.78 is 5.06. The summed E-state index contributed by atoms with van der Waals surface area (Å²) in [6.07, 6.45) is 2.07.